The summed E-state index contributed by atoms with van der Waals surface area (Å²) < 4.78 is 9.26. The molecule has 0 aliphatic rings. The summed E-state index contributed by atoms with van der Waals surface area (Å²) in [5.74, 6) is -0.473. The van der Waals surface area contributed by atoms with Crippen molar-refractivity contribution in [3.05, 3.63) is 28.8 Å². The predicted molar refractivity (Wildman–Crippen MR) is 61.0 cm³/mol. The fourth-order valence-corrected chi connectivity index (χ4v) is 1.56. The first-order valence-corrected chi connectivity index (χ1v) is 5.16. The van der Waals surface area contributed by atoms with Crippen LogP contribution >= 0.6 is 11.6 Å². The Morgan fingerprint density at radius 2 is 2.00 bits per heavy atom. The number of hydrogen-bond donors (Lipinski definition) is 2. The molecule has 0 spiro atoms. The van der Waals surface area contributed by atoms with Crippen LogP contribution in [0.15, 0.2) is 18.2 Å². The van der Waals surface area contributed by atoms with Gasteiger partial charge in [0.25, 0.3) is 0 Å². The molecule has 0 aromatic heterocycles. The Hall–Kier alpha value is -1.30. The van der Waals surface area contributed by atoms with Crippen molar-refractivity contribution in [2.24, 2.45) is 0 Å². The highest BCUT2D eigenvalue weighted by atomic mass is 35.5. The Labute approximate surface area is 104 Å². The van der Waals surface area contributed by atoms with Crippen molar-refractivity contribution in [2.45, 2.75) is 12.2 Å². The summed E-state index contributed by atoms with van der Waals surface area (Å²) in [7, 11) is 2.58. The van der Waals surface area contributed by atoms with Crippen LogP contribution in [0.4, 0.5) is 0 Å². The second-order valence-corrected chi connectivity index (χ2v) is 3.71. The van der Waals surface area contributed by atoms with E-state index in [1.807, 2.05) is 0 Å². The maximum atomic E-state index is 11.0. The van der Waals surface area contributed by atoms with Crippen molar-refractivity contribution >= 4 is 17.6 Å². The summed E-state index contributed by atoms with van der Waals surface area (Å²) in [6.07, 6.45) is -3.05. The van der Waals surface area contributed by atoms with Gasteiger partial charge in [-0.2, -0.15) is 0 Å². The Kier molecular flexibility index (Phi) is 4.74. The molecule has 94 valence electrons. The van der Waals surface area contributed by atoms with Crippen LogP contribution in [0.3, 0.4) is 0 Å². The number of methoxy groups -OCH3 is 2. The largest absolute Gasteiger partial charge is 0.495 e. The number of halogens is 1. The molecule has 0 saturated heterocycles. The van der Waals surface area contributed by atoms with Gasteiger partial charge in [0, 0.05) is 0 Å². The zero-order valence-electron chi connectivity index (χ0n) is 9.38. The monoisotopic (exact) mass is 260 g/mol. The molecule has 0 bridgehead atoms. The molecule has 2 N–H and O–H groups in total. The third-order valence-corrected chi connectivity index (χ3v) is 2.55. The number of rotatable bonds is 4. The van der Waals surface area contributed by atoms with Gasteiger partial charge in [0.1, 0.15) is 11.9 Å². The van der Waals surface area contributed by atoms with E-state index in [0.29, 0.717) is 11.3 Å². The highest BCUT2D eigenvalue weighted by Crippen LogP contribution is 2.28. The van der Waals surface area contributed by atoms with Crippen molar-refractivity contribution in [2.75, 3.05) is 14.2 Å². The zero-order valence-corrected chi connectivity index (χ0v) is 10.1. The molecule has 0 aliphatic heterocycles. The smallest absolute Gasteiger partial charge is 0.337 e. The van der Waals surface area contributed by atoms with Crippen LogP contribution in [0.1, 0.15) is 11.7 Å². The van der Waals surface area contributed by atoms with Crippen molar-refractivity contribution in [3.63, 3.8) is 0 Å². The number of benzene rings is 1. The number of ether oxygens (including phenoxy) is 2. The van der Waals surface area contributed by atoms with E-state index in [2.05, 4.69) is 4.74 Å². The van der Waals surface area contributed by atoms with Crippen LogP contribution in [0.5, 0.6) is 5.75 Å². The maximum Gasteiger partial charge on any atom is 0.337 e. The van der Waals surface area contributed by atoms with Crippen molar-refractivity contribution < 1.29 is 24.5 Å². The van der Waals surface area contributed by atoms with Gasteiger partial charge in [-0.05, 0) is 17.7 Å². The highest BCUT2D eigenvalue weighted by Gasteiger charge is 2.26. The van der Waals surface area contributed by atoms with E-state index in [-0.39, 0.29) is 5.02 Å². The average molecular weight is 261 g/mol. The number of aliphatic hydroxyl groups is 2. The summed E-state index contributed by atoms with van der Waals surface area (Å²) in [5, 5.41) is 19.5. The highest BCUT2D eigenvalue weighted by molar-refractivity contribution is 6.32. The summed E-state index contributed by atoms with van der Waals surface area (Å²) in [5.41, 5.74) is 0.300. The van der Waals surface area contributed by atoms with Gasteiger partial charge in [0.2, 0.25) is 0 Å². The van der Waals surface area contributed by atoms with Crippen LogP contribution in [0, 0.1) is 0 Å². The molecule has 0 saturated carbocycles. The molecular weight excluding hydrogens is 248 g/mol. The summed E-state index contributed by atoms with van der Waals surface area (Å²) >= 11 is 5.86. The molecule has 0 aliphatic carbocycles. The SMILES string of the molecule is COC(=O)[C@@H](O)[C@H](O)c1ccc(OC)c(Cl)c1. The Bertz CT molecular complexity index is 407. The molecule has 1 aromatic carbocycles. The lowest BCUT2D eigenvalue weighted by Crippen LogP contribution is -2.29. The van der Waals surface area contributed by atoms with Crippen LogP contribution < -0.4 is 4.74 Å². The molecule has 2 atom stereocenters. The lowest BCUT2D eigenvalue weighted by atomic mass is 10.0. The molecule has 1 aromatic rings. The third-order valence-electron chi connectivity index (χ3n) is 2.26. The van der Waals surface area contributed by atoms with Gasteiger partial charge < -0.3 is 19.7 Å². The van der Waals surface area contributed by atoms with E-state index < -0.39 is 18.2 Å². The Morgan fingerprint density at radius 1 is 1.35 bits per heavy atom. The van der Waals surface area contributed by atoms with E-state index in [0.717, 1.165) is 7.11 Å². The molecule has 5 nitrogen and oxygen atoms in total. The minimum absolute atomic E-state index is 0.279. The van der Waals surface area contributed by atoms with Crippen molar-refractivity contribution in [1.82, 2.24) is 0 Å². The van der Waals surface area contributed by atoms with Crippen LogP contribution in [-0.4, -0.2) is 36.5 Å². The lowest BCUT2D eigenvalue weighted by Gasteiger charge is -2.16. The molecule has 1 rings (SSSR count). The van der Waals surface area contributed by atoms with Gasteiger partial charge >= 0.3 is 5.97 Å². The van der Waals surface area contributed by atoms with E-state index in [9.17, 15) is 15.0 Å². The lowest BCUT2D eigenvalue weighted by molar-refractivity contribution is -0.156. The minimum Gasteiger partial charge on any atom is -0.495 e. The molecule has 0 amide bonds. The van der Waals surface area contributed by atoms with E-state index >= 15 is 0 Å². The number of aliphatic hydroxyl groups excluding tert-OH is 2. The standard InChI is InChI=1S/C11H13ClO5/c1-16-8-4-3-6(5-7(8)12)9(13)10(14)11(15)17-2/h3-5,9-10,13-14H,1-2H3/t9-,10+/m1/s1. The summed E-state index contributed by atoms with van der Waals surface area (Å²) in [4.78, 5) is 11.0. The molecule has 17 heavy (non-hydrogen) atoms. The fraction of sp³-hybridized carbons (Fsp3) is 0.364. The zero-order chi connectivity index (χ0) is 13.0. The molecule has 0 unspecified atom stereocenters. The van der Waals surface area contributed by atoms with Crippen LogP contribution in [-0.2, 0) is 9.53 Å². The summed E-state index contributed by atoms with van der Waals surface area (Å²) in [6, 6.07) is 4.45. The van der Waals surface area contributed by atoms with Gasteiger partial charge in [0.15, 0.2) is 6.10 Å². The van der Waals surface area contributed by atoms with Crippen LogP contribution in [0.2, 0.25) is 5.02 Å². The molecule has 0 radical (unpaired) electrons. The quantitative estimate of drug-likeness (QED) is 0.787. The van der Waals surface area contributed by atoms with E-state index in [1.165, 1.54) is 25.3 Å². The second-order valence-electron chi connectivity index (χ2n) is 3.31. The average Bonchev–Trinajstić information content (AvgIpc) is 2.35. The molecule has 6 heteroatoms. The van der Waals surface area contributed by atoms with E-state index in [1.54, 1.807) is 0 Å². The predicted octanol–water partition coefficient (Wildman–Crippen LogP) is 0.916. The van der Waals surface area contributed by atoms with Gasteiger partial charge in [-0.15, -0.1) is 0 Å². The Morgan fingerprint density at radius 3 is 2.47 bits per heavy atom. The van der Waals surface area contributed by atoms with E-state index in [4.69, 9.17) is 16.3 Å². The number of carbonyl (C=O) groups excluding carboxylic acids is 1. The van der Waals surface area contributed by atoms with Gasteiger partial charge in [0.05, 0.1) is 19.2 Å². The normalized spacial score (nSPS) is 13.9. The van der Waals surface area contributed by atoms with Crippen molar-refractivity contribution in [1.29, 1.82) is 0 Å². The minimum atomic E-state index is -1.65. The van der Waals surface area contributed by atoms with Gasteiger partial charge in [-0.3, -0.25) is 0 Å². The fourth-order valence-electron chi connectivity index (χ4n) is 1.30. The topological polar surface area (TPSA) is 76.0 Å². The first-order chi connectivity index (χ1) is 8.01. The number of esters is 1. The maximum absolute atomic E-state index is 11.0. The number of carbonyl (C=O) groups is 1. The van der Waals surface area contributed by atoms with Crippen LogP contribution in [0.25, 0.3) is 0 Å². The molecule has 0 heterocycles. The number of hydrogen-bond acceptors (Lipinski definition) is 5. The Balaban J connectivity index is 2.93. The molecule has 0 fully saturated rings. The second kappa shape index (κ2) is 5.86. The third kappa shape index (κ3) is 3.09. The first-order valence-electron chi connectivity index (χ1n) is 4.78. The first kappa shape index (κ1) is 13.8. The van der Waals surface area contributed by atoms with Gasteiger partial charge in [-0.25, -0.2) is 4.79 Å². The van der Waals surface area contributed by atoms with Crippen molar-refractivity contribution in [3.8, 4) is 5.75 Å². The van der Waals surface area contributed by atoms with Gasteiger partial charge in [-0.1, -0.05) is 17.7 Å². The summed E-state index contributed by atoms with van der Waals surface area (Å²) in [6.45, 7) is 0. The molecular formula is C11H13ClO5.